The zero-order valence-electron chi connectivity index (χ0n) is 52.5. The van der Waals surface area contributed by atoms with Crippen LogP contribution in [0.25, 0.3) is 0 Å². The molecule has 0 heterocycles. The third-order valence-electron chi connectivity index (χ3n) is 10.5. The maximum Gasteiger partial charge on any atom is 0.474 e. The minimum absolute atomic E-state index is 0.0300. The first-order valence-corrected chi connectivity index (χ1v) is 37.3. The quantitative estimate of drug-likeness (QED) is 0.0419. The second kappa shape index (κ2) is 51.8. The molecule has 0 aliphatic carbocycles. The first-order chi connectivity index (χ1) is 42.9. The Kier molecular flexibility index (Phi) is 51.0. The summed E-state index contributed by atoms with van der Waals surface area (Å²) in [5.74, 6) is -0.479. The van der Waals surface area contributed by atoms with Crippen molar-refractivity contribution in [3.63, 3.8) is 0 Å². The molecule has 0 saturated heterocycles. The SMILES string of the molecule is COC(=O)NCCCCC(NC(=O)OC)C(=O)NCCCCCOP(=O)(OC)OC(COP(=O)(OC)OCCOCCOP(=O)(OC)OCCOCCOP(=O)(OC)OC)COP(=O)(OC)OCCOCCOP(=O)(OC)OCCOCCOP(=O)(OC)OC. The molecule has 3 amide bonds. The van der Waals surface area contributed by atoms with Crippen LogP contribution >= 0.6 is 54.8 Å². The van der Waals surface area contributed by atoms with Crippen molar-refractivity contribution >= 4 is 72.9 Å². The van der Waals surface area contributed by atoms with Crippen LogP contribution in [0.1, 0.15) is 38.5 Å². The average molecular weight is 1460 g/mol. The first-order valence-electron chi connectivity index (χ1n) is 27.1. The molecule has 0 bridgehead atoms. The third-order valence-corrected chi connectivity index (χ3v) is 20.5. The minimum atomic E-state index is -4.55. The number of ether oxygens (including phenoxy) is 6. The molecule has 40 nitrogen and oxygen atoms in total. The van der Waals surface area contributed by atoms with Gasteiger partial charge in [-0.15, -0.1) is 0 Å². The number of amides is 3. The highest BCUT2D eigenvalue weighted by Crippen LogP contribution is 2.55. The van der Waals surface area contributed by atoms with Crippen LogP contribution < -0.4 is 16.0 Å². The van der Waals surface area contributed by atoms with Gasteiger partial charge in [0.1, 0.15) is 12.1 Å². The number of carbonyl (C=O) groups excluding carboxylic acids is 3. The lowest BCUT2D eigenvalue weighted by Crippen LogP contribution is -2.47. The fourth-order valence-corrected chi connectivity index (χ4v) is 11.9. The van der Waals surface area contributed by atoms with E-state index in [1.807, 2.05) is 0 Å². The molecule has 6 unspecified atom stereocenters. The smallest absolute Gasteiger partial charge is 0.453 e. The van der Waals surface area contributed by atoms with E-state index < -0.39 is 111 Å². The van der Waals surface area contributed by atoms with Gasteiger partial charge in [-0.2, -0.15) is 0 Å². The first kappa shape index (κ1) is 88.6. The highest BCUT2D eigenvalue weighted by atomic mass is 31.2. The van der Waals surface area contributed by atoms with Crippen LogP contribution in [0.15, 0.2) is 0 Å². The topological polar surface area (TPSA) is 456 Å². The summed E-state index contributed by atoms with van der Waals surface area (Å²) in [5.41, 5.74) is 0. The van der Waals surface area contributed by atoms with Gasteiger partial charge in [-0.25, -0.2) is 41.5 Å². The number of carbonyl (C=O) groups is 3. The fourth-order valence-electron chi connectivity index (χ4n) is 5.89. The molecule has 6 atom stereocenters. The lowest BCUT2D eigenvalue weighted by Gasteiger charge is -2.25. The second-order valence-corrected chi connectivity index (χ2v) is 29.1. The van der Waals surface area contributed by atoms with Crippen molar-refractivity contribution in [3.8, 4) is 0 Å². The van der Waals surface area contributed by atoms with Crippen molar-refractivity contribution in [2.45, 2.75) is 50.7 Å². The fraction of sp³-hybridized carbons (Fsp3) is 0.930. The molecule has 0 rings (SSSR count). The lowest BCUT2D eigenvalue weighted by atomic mass is 10.1. The number of alkyl carbamates (subject to hydrolysis) is 2. The van der Waals surface area contributed by atoms with Gasteiger partial charge in [0.05, 0.1) is 140 Å². The van der Waals surface area contributed by atoms with Crippen LogP contribution in [-0.2, 0) is 160 Å². The maximum absolute atomic E-state index is 13.8. The molecule has 0 aromatic carbocycles. The van der Waals surface area contributed by atoms with E-state index in [2.05, 4.69) is 43.5 Å². The van der Waals surface area contributed by atoms with Crippen LogP contribution in [0.3, 0.4) is 0 Å². The number of unbranched alkanes of at least 4 members (excludes halogenated alkanes) is 3. The molecule has 0 aliphatic rings. The van der Waals surface area contributed by atoms with Crippen LogP contribution in [0.4, 0.5) is 9.59 Å². The molecule has 0 saturated carbocycles. The van der Waals surface area contributed by atoms with Crippen molar-refractivity contribution in [2.24, 2.45) is 0 Å². The van der Waals surface area contributed by atoms with Gasteiger partial charge in [-0.05, 0) is 38.5 Å². The van der Waals surface area contributed by atoms with Crippen LogP contribution in [0.2, 0.25) is 0 Å². The second-order valence-electron chi connectivity index (χ2n) is 16.5. The molecule has 536 valence electrons. The Bertz CT molecular complexity index is 2150. The summed E-state index contributed by atoms with van der Waals surface area (Å²) in [6.45, 7) is -4.67. The normalized spacial score (nSPS) is 16.2. The summed E-state index contributed by atoms with van der Waals surface area (Å²) in [7, 11) is -16.8. The van der Waals surface area contributed by atoms with Gasteiger partial charge in [0, 0.05) is 77.1 Å². The highest BCUT2D eigenvalue weighted by Gasteiger charge is 2.36. The molecular formula is C43H92N3O37P7. The number of rotatable bonds is 63. The van der Waals surface area contributed by atoms with Crippen molar-refractivity contribution in [2.75, 3.05) is 217 Å². The van der Waals surface area contributed by atoms with Gasteiger partial charge in [0.15, 0.2) is 0 Å². The lowest BCUT2D eigenvalue weighted by molar-refractivity contribution is -0.123. The number of phosphoric ester groups is 7. The Balaban J connectivity index is 5.57. The maximum atomic E-state index is 13.8. The molecule has 0 aliphatic heterocycles. The summed E-state index contributed by atoms with van der Waals surface area (Å²) < 4.78 is 228. The van der Waals surface area contributed by atoms with E-state index in [0.717, 1.165) is 71.1 Å². The molecule has 0 aromatic heterocycles. The summed E-state index contributed by atoms with van der Waals surface area (Å²) in [4.78, 5) is 36.2. The van der Waals surface area contributed by atoms with Crippen molar-refractivity contribution in [1.29, 1.82) is 0 Å². The predicted molar refractivity (Wildman–Crippen MR) is 310 cm³/mol. The van der Waals surface area contributed by atoms with Crippen LogP contribution in [0, 0.1) is 0 Å². The molecule has 0 aromatic rings. The van der Waals surface area contributed by atoms with Gasteiger partial charge in [0.2, 0.25) is 5.91 Å². The van der Waals surface area contributed by atoms with Gasteiger partial charge in [-0.1, -0.05) is 0 Å². The summed E-state index contributed by atoms with van der Waals surface area (Å²) in [6.07, 6.45) is -0.772. The third kappa shape index (κ3) is 42.9. The molecule has 0 spiro atoms. The largest absolute Gasteiger partial charge is 0.474 e. The van der Waals surface area contributed by atoms with Crippen molar-refractivity contribution < 1.29 is 170 Å². The van der Waals surface area contributed by atoms with E-state index >= 15 is 0 Å². The average Bonchev–Trinajstić information content (AvgIpc) is 2.85. The van der Waals surface area contributed by atoms with E-state index in [9.17, 15) is 46.3 Å². The van der Waals surface area contributed by atoms with Gasteiger partial charge in [0.25, 0.3) is 0 Å². The predicted octanol–water partition coefficient (Wildman–Crippen LogP) is 6.73. The van der Waals surface area contributed by atoms with Crippen molar-refractivity contribution in [3.05, 3.63) is 0 Å². The summed E-state index contributed by atoms with van der Waals surface area (Å²) in [6, 6.07) is -0.933. The number of hydrogen-bond acceptors (Lipinski definition) is 37. The van der Waals surface area contributed by atoms with Crippen molar-refractivity contribution in [1.82, 2.24) is 16.0 Å². The van der Waals surface area contributed by atoms with E-state index in [4.69, 9.17) is 95.9 Å². The molecule has 47 heteroatoms. The Morgan fingerprint density at radius 1 is 0.311 bits per heavy atom. The van der Waals surface area contributed by atoms with Crippen LogP contribution in [-0.4, -0.2) is 247 Å². The monoisotopic (exact) mass is 1460 g/mol. The van der Waals surface area contributed by atoms with E-state index in [-0.39, 0.29) is 125 Å². The number of phosphoric acid groups is 7. The number of methoxy groups -OCH3 is 2. The zero-order chi connectivity index (χ0) is 67.7. The Morgan fingerprint density at radius 2 is 0.611 bits per heavy atom. The zero-order valence-corrected chi connectivity index (χ0v) is 58.7. The van der Waals surface area contributed by atoms with Gasteiger partial charge in [-0.3, -0.25) is 99.8 Å². The van der Waals surface area contributed by atoms with Crippen LogP contribution in [0.5, 0.6) is 0 Å². The van der Waals surface area contributed by atoms with Gasteiger partial charge < -0.3 is 44.4 Å². The highest BCUT2D eigenvalue weighted by molar-refractivity contribution is 7.50. The van der Waals surface area contributed by atoms with E-state index in [1.54, 1.807) is 0 Å². The molecule has 0 fully saturated rings. The molecule has 90 heavy (non-hydrogen) atoms. The van der Waals surface area contributed by atoms with E-state index in [1.165, 1.54) is 7.11 Å². The Labute approximate surface area is 524 Å². The number of hydrogen-bond donors (Lipinski definition) is 3. The van der Waals surface area contributed by atoms with E-state index in [0.29, 0.717) is 25.7 Å². The molecule has 3 N–H and O–H groups in total. The standard InChI is InChI=1S/C43H92N3O37P7/c1-57-42(48)45-19-15-13-17-40(46-43(49)58-2)41(47)44-18-14-12-16-20-72-90(56,67-11)83-39(37-81-88(54,65-9)79-35-27-70-25-33-77-86(52,63-7)75-31-23-68-21-29-73-84(50,59-3)60-4)38-82-89(55,66-10)80-36-28-71-26-34-78-87(53,64-8)76-32-24-69-22-30-74-85(51,61-5)62-6/h39-40H,12-38H2,1-11H3,(H,44,47)(H,45,48)(H,46,49). The Morgan fingerprint density at radius 3 is 0.944 bits per heavy atom. The number of nitrogens with one attached hydrogen (secondary N) is 3. The molecule has 0 radical (unpaired) electrons. The minimum Gasteiger partial charge on any atom is -0.453 e. The molecular weight excluding hydrogens is 1370 g/mol. The summed E-state index contributed by atoms with van der Waals surface area (Å²) >= 11 is 0. The summed E-state index contributed by atoms with van der Waals surface area (Å²) in [5, 5.41) is 7.73. The van der Waals surface area contributed by atoms with Gasteiger partial charge >= 0.3 is 66.9 Å². The Hall–Kier alpha value is -1.38.